The fourth-order valence-electron chi connectivity index (χ4n) is 0.449. The van der Waals surface area contributed by atoms with Gasteiger partial charge in [-0.05, 0) is 12.2 Å². The van der Waals surface area contributed by atoms with Crippen LogP contribution in [0.1, 0.15) is 6.42 Å². The summed E-state index contributed by atoms with van der Waals surface area (Å²) in [6.07, 6.45) is 0.599. The van der Waals surface area contributed by atoms with Crippen LogP contribution in [0.2, 0.25) is 0 Å². The number of carbonyl (C=O) groups is 1. The molecule has 0 aliphatic rings. The molecule has 10 heavy (non-hydrogen) atoms. The normalized spacial score (nSPS) is 11.8. The van der Waals surface area contributed by atoms with Crippen molar-refractivity contribution in [3.8, 4) is 0 Å². The summed E-state index contributed by atoms with van der Waals surface area (Å²) in [5, 5.41) is 8.42. The molecule has 0 heterocycles. The van der Waals surface area contributed by atoms with E-state index in [1.807, 2.05) is 0 Å². The Labute approximate surface area is 93.9 Å². The van der Waals surface area contributed by atoms with Gasteiger partial charge >= 0.3 is 35.5 Å². The van der Waals surface area contributed by atoms with E-state index >= 15 is 0 Å². The van der Waals surface area contributed by atoms with Crippen molar-refractivity contribution >= 4 is 60.8 Å². The number of aliphatic carboxylic acids is 1. The number of carboxylic acids is 1. The molecule has 0 spiro atoms. The molecule has 1 unspecified atom stereocenters. The van der Waals surface area contributed by atoms with Crippen LogP contribution in [0, 0.1) is 5.92 Å². The van der Waals surface area contributed by atoms with Crippen LogP contribution in [-0.2, 0) is 4.79 Å². The maximum atomic E-state index is 10.2. The van der Waals surface area contributed by atoms with E-state index < -0.39 is 5.97 Å². The molecule has 0 saturated heterocycles. The van der Waals surface area contributed by atoms with Crippen LogP contribution in [-0.4, -0.2) is 52.1 Å². The zero-order chi connectivity index (χ0) is 7.28. The summed E-state index contributed by atoms with van der Waals surface area (Å²) in [7, 11) is 0. The number of hydrogen-bond donors (Lipinski definition) is 3. The van der Waals surface area contributed by atoms with Gasteiger partial charge < -0.3 is 5.11 Å². The van der Waals surface area contributed by atoms with Crippen LogP contribution in [0.3, 0.4) is 0 Å². The van der Waals surface area contributed by atoms with E-state index in [9.17, 15) is 4.79 Å². The third kappa shape index (κ3) is 5.92. The predicted molar refractivity (Wildman–Crippen MR) is 50.6 cm³/mol. The Morgan fingerprint density at radius 2 is 2.00 bits per heavy atom. The van der Waals surface area contributed by atoms with E-state index in [2.05, 4.69) is 25.3 Å². The molecule has 0 aliphatic carbocycles. The Hall–Kier alpha value is 1.17. The van der Waals surface area contributed by atoms with Gasteiger partial charge in [-0.3, -0.25) is 4.79 Å². The molecular weight excluding hydrogens is 179 g/mol. The molecular formula is C5H11NaO2S2. The van der Waals surface area contributed by atoms with Gasteiger partial charge in [0.1, 0.15) is 0 Å². The first kappa shape index (κ1) is 13.7. The third-order valence-corrected chi connectivity index (χ3v) is 1.75. The molecule has 0 aromatic heterocycles. The molecule has 0 aliphatic heterocycles. The van der Waals surface area contributed by atoms with Crippen molar-refractivity contribution in [1.82, 2.24) is 0 Å². The van der Waals surface area contributed by atoms with E-state index in [1.54, 1.807) is 0 Å². The number of rotatable bonds is 4. The summed E-state index contributed by atoms with van der Waals surface area (Å²) in [5.41, 5.74) is 0. The molecule has 0 fully saturated rings. The standard InChI is InChI=1S/C5H10O2S2.Na.H/c6-5(7)4(3-9)1-2-8;;/h4,8-9H,1-3H2,(H,6,7);;. The zero-order valence-corrected chi connectivity index (χ0v) is 6.74. The van der Waals surface area contributed by atoms with Crippen LogP contribution in [0.15, 0.2) is 0 Å². The summed E-state index contributed by atoms with van der Waals surface area (Å²) >= 11 is 7.79. The molecule has 0 amide bonds. The average molecular weight is 190 g/mol. The minimum atomic E-state index is -0.779. The van der Waals surface area contributed by atoms with Crippen molar-refractivity contribution < 1.29 is 9.90 Å². The molecule has 0 bridgehead atoms. The number of carboxylic acid groups (broad SMARTS) is 1. The fourth-order valence-corrected chi connectivity index (χ4v) is 1.10. The van der Waals surface area contributed by atoms with Crippen molar-refractivity contribution in [2.24, 2.45) is 5.92 Å². The monoisotopic (exact) mass is 190 g/mol. The summed E-state index contributed by atoms with van der Waals surface area (Å²) in [5.74, 6) is -0.0992. The topological polar surface area (TPSA) is 37.3 Å². The van der Waals surface area contributed by atoms with Gasteiger partial charge in [0.2, 0.25) is 0 Å². The molecule has 2 nitrogen and oxygen atoms in total. The molecule has 5 heteroatoms. The van der Waals surface area contributed by atoms with Gasteiger partial charge in [0, 0.05) is 5.75 Å². The second-order valence-corrected chi connectivity index (χ2v) is 2.54. The van der Waals surface area contributed by atoms with E-state index in [4.69, 9.17) is 5.11 Å². The van der Waals surface area contributed by atoms with Gasteiger partial charge in [-0.2, -0.15) is 25.3 Å². The molecule has 0 radical (unpaired) electrons. The van der Waals surface area contributed by atoms with Crippen molar-refractivity contribution in [1.29, 1.82) is 0 Å². The van der Waals surface area contributed by atoms with Crippen molar-refractivity contribution in [2.45, 2.75) is 6.42 Å². The fraction of sp³-hybridized carbons (Fsp3) is 0.800. The van der Waals surface area contributed by atoms with Gasteiger partial charge in [-0.1, -0.05) is 0 Å². The van der Waals surface area contributed by atoms with Crippen molar-refractivity contribution in [3.05, 3.63) is 0 Å². The van der Waals surface area contributed by atoms with Crippen molar-refractivity contribution in [2.75, 3.05) is 11.5 Å². The van der Waals surface area contributed by atoms with Crippen LogP contribution in [0.5, 0.6) is 0 Å². The van der Waals surface area contributed by atoms with Crippen molar-refractivity contribution in [3.63, 3.8) is 0 Å². The summed E-state index contributed by atoms with van der Waals surface area (Å²) < 4.78 is 0. The second-order valence-electron chi connectivity index (χ2n) is 1.73. The second kappa shape index (κ2) is 8.27. The Balaban J connectivity index is 0. The Morgan fingerprint density at radius 1 is 1.50 bits per heavy atom. The first-order valence-electron chi connectivity index (χ1n) is 2.67. The minimum absolute atomic E-state index is 0. The Kier molecular flexibility index (Phi) is 11.4. The van der Waals surface area contributed by atoms with E-state index in [-0.39, 0.29) is 35.5 Å². The molecule has 0 saturated carbocycles. The molecule has 56 valence electrons. The van der Waals surface area contributed by atoms with Crippen LogP contribution < -0.4 is 0 Å². The molecule has 0 rings (SSSR count). The van der Waals surface area contributed by atoms with Gasteiger partial charge in [0.05, 0.1) is 5.92 Å². The average Bonchev–Trinajstić information content (AvgIpc) is 1.82. The molecule has 1 N–H and O–H groups in total. The molecule has 0 aromatic rings. The van der Waals surface area contributed by atoms with Gasteiger partial charge in [-0.25, -0.2) is 0 Å². The number of hydrogen-bond acceptors (Lipinski definition) is 3. The molecule has 1 atom stereocenters. The first-order chi connectivity index (χ1) is 4.22. The Morgan fingerprint density at radius 3 is 2.10 bits per heavy atom. The SMILES string of the molecule is O=C(O)C(CS)CCS.[NaH]. The predicted octanol–water partition coefficient (Wildman–Crippen LogP) is 0.288. The summed E-state index contributed by atoms with van der Waals surface area (Å²) in [4.78, 5) is 10.2. The van der Waals surface area contributed by atoms with Gasteiger partial charge in [-0.15, -0.1) is 0 Å². The summed E-state index contributed by atoms with van der Waals surface area (Å²) in [6, 6.07) is 0. The Bertz CT molecular complexity index is 99.6. The quantitative estimate of drug-likeness (QED) is 0.440. The number of thiol groups is 2. The summed E-state index contributed by atoms with van der Waals surface area (Å²) in [6.45, 7) is 0. The maximum absolute atomic E-state index is 10.2. The van der Waals surface area contributed by atoms with E-state index in [1.165, 1.54) is 0 Å². The van der Waals surface area contributed by atoms with Crippen LogP contribution in [0.4, 0.5) is 0 Å². The van der Waals surface area contributed by atoms with Crippen LogP contribution >= 0.6 is 25.3 Å². The van der Waals surface area contributed by atoms with E-state index in [0.29, 0.717) is 17.9 Å². The van der Waals surface area contributed by atoms with Gasteiger partial charge in [0.25, 0.3) is 0 Å². The van der Waals surface area contributed by atoms with Gasteiger partial charge in [0.15, 0.2) is 0 Å². The first-order valence-corrected chi connectivity index (χ1v) is 3.93. The molecule has 0 aromatic carbocycles. The van der Waals surface area contributed by atoms with Crippen LogP contribution in [0.25, 0.3) is 0 Å². The third-order valence-electron chi connectivity index (χ3n) is 1.05. The zero-order valence-electron chi connectivity index (χ0n) is 4.95. The van der Waals surface area contributed by atoms with E-state index in [0.717, 1.165) is 0 Å².